The van der Waals surface area contributed by atoms with Crippen LogP contribution >= 0.6 is 23.1 Å². The fourth-order valence-electron chi connectivity index (χ4n) is 1.24. The molecule has 1 aromatic heterocycles. The maximum atomic E-state index is 11.1. The third kappa shape index (κ3) is 2.75. The van der Waals surface area contributed by atoms with Crippen molar-refractivity contribution in [3.8, 4) is 11.1 Å². The molecular weight excluding hydrogens is 271 g/mol. The summed E-state index contributed by atoms with van der Waals surface area (Å²) in [5.41, 5.74) is 1.57. The SMILES string of the molecule is Cl.O=S(=O)(Cl)c1cccc(-c2cn[nH]c2)c1. The Kier molecular flexibility index (Phi) is 3.96. The highest BCUT2D eigenvalue weighted by Crippen LogP contribution is 2.23. The molecule has 0 amide bonds. The first-order chi connectivity index (χ1) is 7.07. The minimum Gasteiger partial charge on any atom is -0.285 e. The van der Waals surface area contributed by atoms with Crippen molar-refractivity contribution in [2.45, 2.75) is 4.90 Å². The van der Waals surface area contributed by atoms with Gasteiger partial charge in [0, 0.05) is 22.4 Å². The molecule has 0 bridgehead atoms. The highest BCUT2D eigenvalue weighted by Gasteiger charge is 2.10. The molecule has 0 saturated carbocycles. The van der Waals surface area contributed by atoms with Crippen molar-refractivity contribution in [1.29, 1.82) is 0 Å². The molecule has 0 aliphatic rings. The van der Waals surface area contributed by atoms with Crippen LogP contribution < -0.4 is 0 Å². The van der Waals surface area contributed by atoms with Crippen molar-refractivity contribution in [3.63, 3.8) is 0 Å². The summed E-state index contributed by atoms with van der Waals surface area (Å²) < 4.78 is 22.2. The van der Waals surface area contributed by atoms with Gasteiger partial charge < -0.3 is 0 Å². The van der Waals surface area contributed by atoms with Crippen LogP contribution in [-0.4, -0.2) is 18.6 Å². The lowest BCUT2D eigenvalue weighted by atomic mass is 10.1. The van der Waals surface area contributed by atoms with Crippen LogP contribution in [0.5, 0.6) is 0 Å². The van der Waals surface area contributed by atoms with E-state index in [9.17, 15) is 8.42 Å². The number of nitrogens with zero attached hydrogens (tertiary/aromatic N) is 1. The Balaban J connectivity index is 0.00000128. The molecule has 1 N–H and O–H groups in total. The second kappa shape index (κ2) is 4.86. The van der Waals surface area contributed by atoms with E-state index in [-0.39, 0.29) is 17.3 Å². The predicted octanol–water partition coefficient (Wildman–Crippen LogP) is 2.43. The molecule has 0 unspecified atom stereocenters. The molecule has 4 nitrogen and oxygen atoms in total. The van der Waals surface area contributed by atoms with Crippen LogP contribution in [0.15, 0.2) is 41.6 Å². The minimum atomic E-state index is -3.67. The van der Waals surface area contributed by atoms with Crippen LogP contribution in [0, 0.1) is 0 Å². The topological polar surface area (TPSA) is 62.8 Å². The van der Waals surface area contributed by atoms with Crippen LogP contribution in [0.25, 0.3) is 11.1 Å². The fourth-order valence-corrected chi connectivity index (χ4v) is 2.03. The summed E-state index contributed by atoms with van der Waals surface area (Å²) in [6.07, 6.45) is 3.29. The van der Waals surface area contributed by atoms with E-state index in [1.165, 1.54) is 12.1 Å². The Labute approximate surface area is 103 Å². The number of nitrogens with one attached hydrogen (secondary N) is 1. The molecule has 1 aromatic carbocycles. The zero-order valence-corrected chi connectivity index (χ0v) is 10.3. The number of H-pyrrole nitrogens is 1. The van der Waals surface area contributed by atoms with Gasteiger partial charge in [-0.3, -0.25) is 5.10 Å². The van der Waals surface area contributed by atoms with Gasteiger partial charge >= 0.3 is 0 Å². The number of aromatic amines is 1. The molecule has 0 aliphatic heterocycles. The lowest BCUT2D eigenvalue weighted by Crippen LogP contribution is -1.90. The molecule has 2 aromatic rings. The standard InChI is InChI=1S/C9H7ClN2O2S.ClH/c10-15(13,14)9-3-1-2-7(4-9)8-5-11-12-6-8;/h1-6H,(H,11,12);1H. The van der Waals surface area contributed by atoms with Gasteiger partial charge in [-0.2, -0.15) is 5.10 Å². The molecule has 0 aliphatic carbocycles. The van der Waals surface area contributed by atoms with E-state index in [2.05, 4.69) is 10.2 Å². The summed E-state index contributed by atoms with van der Waals surface area (Å²) in [6.45, 7) is 0. The molecule has 1 heterocycles. The second-order valence-electron chi connectivity index (χ2n) is 2.95. The number of aromatic nitrogens is 2. The molecule has 0 fully saturated rings. The number of halogens is 2. The van der Waals surface area contributed by atoms with E-state index in [0.29, 0.717) is 0 Å². The highest BCUT2D eigenvalue weighted by molar-refractivity contribution is 8.13. The summed E-state index contributed by atoms with van der Waals surface area (Å²) in [7, 11) is 1.57. The Morgan fingerprint density at radius 3 is 2.56 bits per heavy atom. The third-order valence-electron chi connectivity index (χ3n) is 1.95. The average molecular weight is 279 g/mol. The largest absolute Gasteiger partial charge is 0.285 e. The van der Waals surface area contributed by atoms with Gasteiger partial charge in [0.2, 0.25) is 0 Å². The van der Waals surface area contributed by atoms with Crippen LogP contribution in [-0.2, 0) is 9.05 Å². The Hall–Kier alpha value is -1.04. The molecular formula is C9H8Cl2N2O2S. The molecule has 0 radical (unpaired) electrons. The molecule has 0 saturated heterocycles. The maximum absolute atomic E-state index is 11.1. The molecule has 86 valence electrons. The fraction of sp³-hybridized carbons (Fsp3) is 0. The first-order valence-corrected chi connectivity index (χ1v) is 6.42. The van der Waals surface area contributed by atoms with E-state index in [4.69, 9.17) is 10.7 Å². The van der Waals surface area contributed by atoms with Crippen molar-refractivity contribution in [1.82, 2.24) is 10.2 Å². The quantitative estimate of drug-likeness (QED) is 0.859. The van der Waals surface area contributed by atoms with E-state index in [0.717, 1.165) is 11.1 Å². The number of rotatable bonds is 2. The average Bonchev–Trinajstić information content (AvgIpc) is 2.69. The summed E-state index contributed by atoms with van der Waals surface area (Å²) in [6, 6.07) is 6.38. The summed E-state index contributed by atoms with van der Waals surface area (Å²) >= 11 is 0. The second-order valence-corrected chi connectivity index (χ2v) is 5.52. The molecule has 7 heteroatoms. The van der Waals surface area contributed by atoms with E-state index >= 15 is 0 Å². The van der Waals surface area contributed by atoms with Crippen molar-refractivity contribution in [2.24, 2.45) is 0 Å². The van der Waals surface area contributed by atoms with Gasteiger partial charge in [-0.25, -0.2) is 8.42 Å². The van der Waals surface area contributed by atoms with Gasteiger partial charge in [-0.15, -0.1) is 12.4 Å². The van der Waals surface area contributed by atoms with Gasteiger partial charge in [0.15, 0.2) is 0 Å². The summed E-state index contributed by atoms with van der Waals surface area (Å²) in [5, 5.41) is 6.44. The molecule has 0 atom stereocenters. The first-order valence-electron chi connectivity index (χ1n) is 4.11. The zero-order valence-electron chi connectivity index (χ0n) is 7.92. The van der Waals surface area contributed by atoms with Crippen LogP contribution in [0.4, 0.5) is 0 Å². The molecule has 0 spiro atoms. The van der Waals surface area contributed by atoms with Crippen molar-refractivity contribution >= 4 is 32.1 Å². The lowest BCUT2D eigenvalue weighted by molar-refractivity contribution is 0.609. The van der Waals surface area contributed by atoms with Crippen molar-refractivity contribution in [2.75, 3.05) is 0 Å². The van der Waals surface area contributed by atoms with Crippen LogP contribution in [0.1, 0.15) is 0 Å². The predicted molar refractivity (Wildman–Crippen MR) is 64.3 cm³/mol. The van der Waals surface area contributed by atoms with Gasteiger partial charge in [0.05, 0.1) is 11.1 Å². The van der Waals surface area contributed by atoms with Crippen molar-refractivity contribution in [3.05, 3.63) is 36.7 Å². The Morgan fingerprint density at radius 2 is 2.00 bits per heavy atom. The highest BCUT2D eigenvalue weighted by atomic mass is 35.7. The Bertz CT molecular complexity index is 567. The maximum Gasteiger partial charge on any atom is 0.261 e. The van der Waals surface area contributed by atoms with Gasteiger partial charge in [-0.1, -0.05) is 12.1 Å². The monoisotopic (exact) mass is 278 g/mol. The van der Waals surface area contributed by atoms with E-state index in [1.54, 1.807) is 24.5 Å². The first kappa shape index (κ1) is 13.0. The van der Waals surface area contributed by atoms with Gasteiger partial charge in [0.1, 0.15) is 0 Å². The molecule has 2 rings (SSSR count). The Morgan fingerprint density at radius 1 is 1.25 bits per heavy atom. The van der Waals surface area contributed by atoms with E-state index < -0.39 is 9.05 Å². The number of benzene rings is 1. The summed E-state index contributed by atoms with van der Waals surface area (Å²) in [5.74, 6) is 0. The zero-order chi connectivity index (χ0) is 10.9. The smallest absolute Gasteiger partial charge is 0.261 e. The normalized spacial score (nSPS) is 10.8. The van der Waals surface area contributed by atoms with Crippen molar-refractivity contribution < 1.29 is 8.42 Å². The van der Waals surface area contributed by atoms with Crippen LogP contribution in [0.3, 0.4) is 0 Å². The number of hydrogen-bond acceptors (Lipinski definition) is 3. The van der Waals surface area contributed by atoms with Gasteiger partial charge in [0.25, 0.3) is 9.05 Å². The molecule has 16 heavy (non-hydrogen) atoms. The minimum absolute atomic E-state index is 0. The van der Waals surface area contributed by atoms with Gasteiger partial charge in [-0.05, 0) is 17.7 Å². The van der Waals surface area contributed by atoms with Crippen LogP contribution in [0.2, 0.25) is 0 Å². The lowest BCUT2D eigenvalue weighted by Gasteiger charge is -1.99. The third-order valence-corrected chi connectivity index (χ3v) is 3.30. The summed E-state index contributed by atoms with van der Waals surface area (Å²) in [4.78, 5) is 0.0860. The van der Waals surface area contributed by atoms with E-state index in [1.807, 2.05) is 0 Å². The number of hydrogen-bond donors (Lipinski definition) is 1.